The maximum Gasteiger partial charge on any atom is 0.0431 e. The van der Waals surface area contributed by atoms with E-state index in [0.717, 1.165) is 6.42 Å². The summed E-state index contributed by atoms with van der Waals surface area (Å²) in [5, 5.41) is 8.33. The molecule has 0 unspecified atom stereocenters. The molecule has 0 bridgehead atoms. The van der Waals surface area contributed by atoms with Crippen molar-refractivity contribution in [1.29, 1.82) is 0 Å². The topological polar surface area (TPSA) is 20.2 Å². The van der Waals surface area contributed by atoms with Crippen molar-refractivity contribution >= 4 is 0 Å². The van der Waals surface area contributed by atoms with Gasteiger partial charge in [0, 0.05) is 6.61 Å². The summed E-state index contributed by atoms with van der Waals surface area (Å²) in [6.07, 6.45) is 4.83. The lowest BCUT2D eigenvalue weighted by Crippen LogP contribution is -1.81. The second kappa shape index (κ2) is 2.31. The zero-order valence-corrected chi connectivity index (χ0v) is 4.48. The van der Waals surface area contributed by atoms with Crippen LogP contribution in [0.15, 0.2) is 0 Å². The summed E-state index contributed by atoms with van der Waals surface area (Å²) in [5.74, 6) is 1.65. The molecular formula is C6H11O. The molecule has 1 N–H and O–H groups in total. The van der Waals surface area contributed by atoms with Crippen molar-refractivity contribution in [2.24, 2.45) is 0 Å². The second-order valence-electron chi connectivity index (χ2n) is 2.08. The summed E-state index contributed by atoms with van der Waals surface area (Å²) in [6, 6.07) is 0. The Morgan fingerprint density at radius 1 is 1.43 bits per heavy atom. The Kier molecular flexibility index (Phi) is 1.69. The lowest BCUT2D eigenvalue weighted by Gasteiger charge is -1.88. The highest BCUT2D eigenvalue weighted by Gasteiger charge is 2.20. The van der Waals surface area contributed by atoms with Gasteiger partial charge >= 0.3 is 0 Å². The van der Waals surface area contributed by atoms with Gasteiger partial charge in [-0.3, -0.25) is 0 Å². The first-order valence-electron chi connectivity index (χ1n) is 2.88. The molecule has 0 aromatic carbocycles. The molecule has 0 aliphatic heterocycles. The predicted octanol–water partition coefficient (Wildman–Crippen LogP) is 1.13. The Hall–Kier alpha value is -0.0400. The van der Waals surface area contributed by atoms with Crippen LogP contribution in [0.1, 0.15) is 25.7 Å². The number of hydrogen-bond donors (Lipinski definition) is 1. The lowest BCUT2D eigenvalue weighted by atomic mass is 10.2. The van der Waals surface area contributed by atoms with Gasteiger partial charge in [0.25, 0.3) is 0 Å². The molecule has 1 radical (unpaired) electrons. The van der Waals surface area contributed by atoms with Crippen LogP contribution >= 0.6 is 0 Å². The fourth-order valence-electron chi connectivity index (χ4n) is 0.667. The summed E-state index contributed by atoms with van der Waals surface area (Å²) >= 11 is 0. The first kappa shape index (κ1) is 5.10. The molecule has 1 heteroatoms. The van der Waals surface area contributed by atoms with Crippen molar-refractivity contribution in [3.05, 3.63) is 5.92 Å². The Balaban J connectivity index is 1.80. The van der Waals surface area contributed by atoms with Gasteiger partial charge in [-0.2, -0.15) is 0 Å². The quantitative estimate of drug-likeness (QED) is 0.562. The van der Waals surface area contributed by atoms with Gasteiger partial charge in [-0.1, -0.05) is 0 Å². The van der Waals surface area contributed by atoms with Crippen LogP contribution in [0.2, 0.25) is 0 Å². The summed E-state index contributed by atoms with van der Waals surface area (Å²) in [5.41, 5.74) is 0. The van der Waals surface area contributed by atoms with Crippen molar-refractivity contribution in [1.82, 2.24) is 0 Å². The third-order valence-electron chi connectivity index (χ3n) is 1.29. The first-order chi connectivity index (χ1) is 3.43. The van der Waals surface area contributed by atoms with Crippen LogP contribution in [-0.2, 0) is 0 Å². The molecule has 41 valence electrons. The van der Waals surface area contributed by atoms with E-state index in [1.54, 1.807) is 5.92 Å². The molecule has 0 aromatic rings. The Morgan fingerprint density at radius 2 is 2.14 bits per heavy atom. The third kappa shape index (κ3) is 1.93. The van der Waals surface area contributed by atoms with Gasteiger partial charge in [0.05, 0.1) is 0 Å². The number of aliphatic hydroxyl groups is 1. The average Bonchev–Trinajstić information content (AvgIpc) is 2.42. The van der Waals surface area contributed by atoms with Crippen molar-refractivity contribution in [3.8, 4) is 0 Å². The normalized spacial score (nSPS) is 20.1. The molecule has 1 fully saturated rings. The Bertz CT molecular complexity index is 48.1. The first-order valence-corrected chi connectivity index (χ1v) is 2.88. The van der Waals surface area contributed by atoms with Crippen LogP contribution in [0.3, 0.4) is 0 Å². The van der Waals surface area contributed by atoms with Crippen molar-refractivity contribution in [2.45, 2.75) is 25.7 Å². The molecule has 0 spiro atoms. The van der Waals surface area contributed by atoms with Crippen molar-refractivity contribution in [2.75, 3.05) is 6.61 Å². The smallest absolute Gasteiger partial charge is 0.0431 e. The minimum Gasteiger partial charge on any atom is -0.396 e. The minimum absolute atomic E-state index is 0.365. The Morgan fingerprint density at radius 3 is 2.57 bits per heavy atom. The third-order valence-corrected chi connectivity index (χ3v) is 1.29. The number of rotatable bonds is 3. The number of hydrogen-bond acceptors (Lipinski definition) is 1. The van der Waals surface area contributed by atoms with E-state index in [4.69, 9.17) is 5.11 Å². The van der Waals surface area contributed by atoms with Crippen LogP contribution in [-0.4, -0.2) is 11.7 Å². The highest BCUT2D eigenvalue weighted by atomic mass is 16.2. The van der Waals surface area contributed by atoms with Crippen LogP contribution in [0, 0.1) is 5.92 Å². The molecule has 0 heterocycles. The van der Waals surface area contributed by atoms with E-state index in [0.29, 0.717) is 6.61 Å². The summed E-state index contributed by atoms with van der Waals surface area (Å²) < 4.78 is 0. The maximum absolute atomic E-state index is 8.33. The predicted molar refractivity (Wildman–Crippen MR) is 28.8 cm³/mol. The molecule has 1 aliphatic rings. The molecule has 0 saturated heterocycles. The maximum atomic E-state index is 8.33. The van der Waals surface area contributed by atoms with Gasteiger partial charge in [-0.05, 0) is 31.6 Å². The highest BCUT2D eigenvalue weighted by Crippen LogP contribution is 2.35. The summed E-state index contributed by atoms with van der Waals surface area (Å²) in [7, 11) is 0. The van der Waals surface area contributed by atoms with Gasteiger partial charge in [0.1, 0.15) is 0 Å². The van der Waals surface area contributed by atoms with Crippen LogP contribution < -0.4 is 0 Å². The van der Waals surface area contributed by atoms with Gasteiger partial charge in [-0.15, -0.1) is 0 Å². The second-order valence-corrected chi connectivity index (χ2v) is 2.08. The fourth-order valence-corrected chi connectivity index (χ4v) is 0.667. The average molecular weight is 99.2 g/mol. The molecule has 0 aromatic heterocycles. The van der Waals surface area contributed by atoms with Crippen LogP contribution in [0.25, 0.3) is 0 Å². The van der Waals surface area contributed by atoms with Gasteiger partial charge in [-0.25, -0.2) is 0 Å². The van der Waals surface area contributed by atoms with E-state index in [1.807, 2.05) is 0 Å². The van der Waals surface area contributed by atoms with E-state index in [9.17, 15) is 0 Å². The largest absolute Gasteiger partial charge is 0.396 e. The van der Waals surface area contributed by atoms with E-state index in [1.165, 1.54) is 19.3 Å². The van der Waals surface area contributed by atoms with Crippen LogP contribution in [0.4, 0.5) is 0 Å². The van der Waals surface area contributed by atoms with E-state index in [2.05, 4.69) is 0 Å². The zero-order valence-electron chi connectivity index (χ0n) is 4.48. The fraction of sp³-hybridized carbons (Fsp3) is 0.833. The van der Waals surface area contributed by atoms with E-state index < -0.39 is 0 Å². The zero-order chi connectivity index (χ0) is 5.11. The standard InChI is InChI=1S/C6H11O/c7-5-1-2-6-3-4-6/h7H,1-5H2. The molecular weight excluding hydrogens is 88.1 g/mol. The number of aliphatic hydroxyl groups excluding tert-OH is 1. The lowest BCUT2D eigenvalue weighted by molar-refractivity contribution is 0.287. The monoisotopic (exact) mass is 99.1 g/mol. The van der Waals surface area contributed by atoms with Crippen LogP contribution in [0.5, 0.6) is 0 Å². The molecule has 0 amide bonds. The molecule has 0 atom stereocenters. The van der Waals surface area contributed by atoms with Gasteiger partial charge in [0.15, 0.2) is 0 Å². The van der Waals surface area contributed by atoms with Crippen molar-refractivity contribution in [3.63, 3.8) is 0 Å². The van der Waals surface area contributed by atoms with E-state index in [-0.39, 0.29) is 0 Å². The Labute approximate surface area is 44.4 Å². The van der Waals surface area contributed by atoms with Gasteiger partial charge < -0.3 is 5.11 Å². The molecule has 1 rings (SSSR count). The van der Waals surface area contributed by atoms with E-state index >= 15 is 0 Å². The molecule has 7 heavy (non-hydrogen) atoms. The molecule has 1 saturated carbocycles. The highest BCUT2D eigenvalue weighted by molar-refractivity contribution is 5.04. The summed E-state index contributed by atoms with van der Waals surface area (Å²) in [6.45, 7) is 0.365. The van der Waals surface area contributed by atoms with Gasteiger partial charge in [0.2, 0.25) is 0 Å². The summed E-state index contributed by atoms with van der Waals surface area (Å²) in [4.78, 5) is 0. The molecule has 1 nitrogen and oxygen atoms in total. The van der Waals surface area contributed by atoms with Crippen molar-refractivity contribution < 1.29 is 5.11 Å². The molecule has 1 aliphatic carbocycles. The SMILES string of the molecule is OCCC[C]1CC1. The minimum atomic E-state index is 0.365.